The summed E-state index contributed by atoms with van der Waals surface area (Å²) >= 11 is 10.9. The quantitative estimate of drug-likeness (QED) is 0.865. The zero-order valence-electron chi connectivity index (χ0n) is 9.63. The van der Waals surface area contributed by atoms with E-state index in [1.54, 1.807) is 36.1 Å². The number of thiocarbonyl (C=S) groups is 1. The largest absolute Gasteiger partial charge is 0.486 e. The van der Waals surface area contributed by atoms with Crippen molar-refractivity contribution in [3.05, 3.63) is 40.7 Å². The maximum atomic E-state index is 6.06. The fraction of sp³-hybridized carbons (Fsp3) is 0.182. The predicted octanol–water partition coefficient (Wildman–Crippen LogP) is 1.68. The van der Waals surface area contributed by atoms with E-state index in [4.69, 9.17) is 34.3 Å². The third-order valence-corrected chi connectivity index (χ3v) is 2.77. The van der Waals surface area contributed by atoms with Crippen LogP contribution in [-0.4, -0.2) is 20.0 Å². The first kappa shape index (κ1) is 12.8. The molecule has 0 saturated heterocycles. The Kier molecular flexibility index (Phi) is 3.78. The summed E-state index contributed by atoms with van der Waals surface area (Å²) in [5, 5.41) is 8.18. The number of aryl methyl sites for hydroxylation is 1. The number of nitrogens with zero attached hydrogens (tertiary/aromatic N) is 3. The van der Waals surface area contributed by atoms with E-state index in [9.17, 15) is 0 Å². The van der Waals surface area contributed by atoms with E-state index < -0.39 is 0 Å². The average molecular weight is 283 g/mol. The molecule has 2 aromatic rings. The molecular weight excluding hydrogens is 272 g/mol. The van der Waals surface area contributed by atoms with Crippen molar-refractivity contribution in [2.24, 2.45) is 12.8 Å². The molecule has 94 valence electrons. The van der Waals surface area contributed by atoms with Gasteiger partial charge in [0.05, 0.1) is 11.2 Å². The van der Waals surface area contributed by atoms with E-state index in [1.807, 2.05) is 0 Å². The molecule has 1 aromatic carbocycles. The minimum Gasteiger partial charge on any atom is -0.486 e. The second-order valence-electron chi connectivity index (χ2n) is 3.68. The van der Waals surface area contributed by atoms with Gasteiger partial charge in [0, 0.05) is 12.6 Å². The van der Waals surface area contributed by atoms with Crippen LogP contribution in [-0.2, 0) is 13.7 Å². The second-order valence-corrected chi connectivity index (χ2v) is 4.53. The van der Waals surface area contributed by atoms with Crippen LogP contribution >= 0.6 is 23.8 Å². The van der Waals surface area contributed by atoms with Crippen LogP contribution in [0.15, 0.2) is 24.4 Å². The van der Waals surface area contributed by atoms with Crippen LogP contribution < -0.4 is 10.5 Å². The third kappa shape index (κ3) is 2.96. The third-order valence-electron chi connectivity index (χ3n) is 2.24. The first-order valence-electron chi connectivity index (χ1n) is 5.13. The Hall–Kier alpha value is -1.66. The summed E-state index contributed by atoms with van der Waals surface area (Å²) in [6, 6.07) is 5.17. The van der Waals surface area contributed by atoms with Crippen LogP contribution in [0, 0.1) is 0 Å². The SMILES string of the molecule is Cn1cc(COc2ccc(C(N)=S)cc2Cl)nn1. The summed E-state index contributed by atoms with van der Waals surface area (Å²) in [5.41, 5.74) is 6.95. The number of hydrogen-bond acceptors (Lipinski definition) is 4. The molecule has 0 amide bonds. The molecule has 1 heterocycles. The van der Waals surface area contributed by atoms with Crippen molar-refractivity contribution in [1.29, 1.82) is 0 Å². The molecule has 5 nitrogen and oxygen atoms in total. The van der Waals surface area contributed by atoms with E-state index in [-0.39, 0.29) is 0 Å². The normalized spacial score (nSPS) is 10.3. The molecule has 0 bridgehead atoms. The maximum absolute atomic E-state index is 6.06. The molecule has 0 unspecified atom stereocenters. The van der Waals surface area contributed by atoms with Crippen LogP contribution in [0.25, 0.3) is 0 Å². The molecule has 2 rings (SSSR count). The van der Waals surface area contributed by atoms with Gasteiger partial charge in [-0.1, -0.05) is 29.0 Å². The molecule has 0 aliphatic rings. The van der Waals surface area contributed by atoms with Crippen LogP contribution in [0.1, 0.15) is 11.3 Å². The number of nitrogens with two attached hydrogens (primary N) is 1. The van der Waals surface area contributed by atoms with Gasteiger partial charge in [-0.15, -0.1) is 5.10 Å². The fourth-order valence-electron chi connectivity index (χ4n) is 1.38. The summed E-state index contributed by atoms with van der Waals surface area (Å²) in [6.45, 7) is 0.306. The van der Waals surface area contributed by atoms with Crippen LogP contribution in [0.2, 0.25) is 5.02 Å². The summed E-state index contributed by atoms with van der Waals surface area (Å²) in [7, 11) is 1.79. The van der Waals surface area contributed by atoms with Gasteiger partial charge in [-0.2, -0.15) is 0 Å². The van der Waals surface area contributed by atoms with Crippen molar-refractivity contribution in [2.45, 2.75) is 6.61 Å². The van der Waals surface area contributed by atoms with Gasteiger partial charge in [0.25, 0.3) is 0 Å². The Morgan fingerprint density at radius 1 is 1.56 bits per heavy atom. The van der Waals surface area contributed by atoms with Crippen molar-refractivity contribution < 1.29 is 4.74 Å². The summed E-state index contributed by atoms with van der Waals surface area (Å²) in [6.07, 6.45) is 1.78. The second kappa shape index (κ2) is 5.32. The summed E-state index contributed by atoms with van der Waals surface area (Å²) in [5.74, 6) is 0.558. The molecule has 7 heteroatoms. The molecule has 0 radical (unpaired) electrons. The maximum Gasteiger partial charge on any atom is 0.138 e. The minimum atomic E-state index is 0.303. The fourth-order valence-corrected chi connectivity index (χ4v) is 1.75. The number of rotatable bonds is 4. The lowest BCUT2D eigenvalue weighted by Crippen LogP contribution is -2.09. The summed E-state index contributed by atoms with van der Waals surface area (Å²) < 4.78 is 7.15. The van der Waals surface area contributed by atoms with Crippen molar-refractivity contribution in [1.82, 2.24) is 15.0 Å². The highest BCUT2D eigenvalue weighted by atomic mass is 35.5. The Labute approximate surface area is 114 Å². The number of benzene rings is 1. The van der Waals surface area contributed by atoms with Crippen molar-refractivity contribution in [3.63, 3.8) is 0 Å². The van der Waals surface area contributed by atoms with Crippen molar-refractivity contribution in [3.8, 4) is 5.75 Å². The molecule has 0 aliphatic carbocycles. The Morgan fingerprint density at radius 3 is 2.89 bits per heavy atom. The van der Waals surface area contributed by atoms with Gasteiger partial charge in [-0.05, 0) is 18.2 Å². The van der Waals surface area contributed by atoms with Crippen LogP contribution in [0.3, 0.4) is 0 Å². The van der Waals surface area contributed by atoms with Crippen LogP contribution in [0.4, 0.5) is 0 Å². The first-order chi connectivity index (χ1) is 8.56. The highest BCUT2D eigenvalue weighted by molar-refractivity contribution is 7.80. The van der Waals surface area contributed by atoms with E-state index >= 15 is 0 Å². The lowest BCUT2D eigenvalue weighted by Gasteiger charge is -2.07. The monoisotopic (exact) mass is 282 g/mol. The lowest BCUT2D eigenvalue weighted by molar-refractivity contribution is 0.301. The number of halogens is 1. The standard InChI is InChI=1S/C11H11ClN4OS/c1-16-5-8(14-15-16)6-17-10-3-2-7(11(13)18)4-9(10)12/h2-5H,6H2,1H3,(H2,13,18). The Bertz CT molecular complexity index is 584. The Balaban J connectivity index is 2.08. The molecule has 0 fully saturated rings. The van der Waals surface area contributed by atoms with Gasteiger partial charge < -0.3 is 10.5 Å². The molecular formula is C11H11ClN4OS. The molecule has 0 atom stereocenters. The topological polar surface area (TPSA) is 66.0 Å². The summed E-state index contributed by atoms with van der Waals surface area (Å²) in [4.78, 5) is 0.303. The zero-order chi connectivity index (χ0) is 13.1. The van der Waals surface area contributed by atoms with E-state index in [1.165, 1.54) is 0 Å². The molecule has 2 N–H and O–H groups in total. The highest BCUT2D eigenvalue weighted by Crippen LogP contribution is 2.26. The average Bonchev–Trinajstić information content (AvgIpc) is 2.73. The van der Waals surface area contributed by atoms with Gasteiger partial charge in [0.2, 0.25) is 0 Å². The van der Waals surface area contributed by atoms with Gasteiger partial charge in [0.15, 0.2) is 0 Å². The smallest absolute Gasteiger partial charge is 0.138 e. The highest BCUT2D eigenvalue weighted by Gasteiger charge is 2.06. The van der Waals surface area contributed by atoms with Crippen molar-refractivity contribution in [2.75, 3.05) is 0 Å². The van der Waals surface area contributed by atoms with Crippen LogP contribution in [0.5, 0.6) is 5.75 Å². The number of ether oxygens (including phenoxy) is 1. The number of hydrogen-bond donors (Lipinski definition) is 1. The molecule has 18 heavy (non-hydrogen) atoms. The van der Waals surface area contributed by atoms with E-state index in [0.717, 1.165) is 5.69 Å². The first-order valence-corrected chi connectivity index (χ1v) is 5.92. The Morgan fingerprint density at radius 2 is 2.33 bits per heavy atom. The molecule has 1 aromatic heterocycles. The molecule has 0 saturated carbocycles. The van der Waals surface area contributed by atoms with Gasteiger partial charge in [0.1, 0.15) is 23.0 Å². The number of aromatic nitrogens is 3. The van der Waals surface area contributed by atoms with Gasteiger partial charge in [-0.25, -0.2) is 0 Å². The van der Waals surface area contributed by atoms with Gasteiger partial charge in [-0.3, -0.25) is 4.68 Å². The van der Waals surface area contributed by atoms with Gasteiger partial charge >= 0.3 is 0 Å². The predicted molar refractivity (Wildman–Crippen MR) is 72.7 cm³/mol. The van der Waals surface area contributed by atoms with E-state index in [2.05, 4.69) is 10.3 Å². The zero-order valence-corrected chi connectivity index (χ0v) is 11.2. The van der Waals surface area contributed by atoms with Crippen molar-refractivity contribution >= 4 is 28.8 Å². The molecule has 0 aliphatic heterocycles. The lowest BCUT2D eigenvalue weighted by atomic mass is 10.2. The minimum absolute atomic E-state index is 0.303. The molecule has 0 spiro atoms. The van der Waals surface area contributed by atoms with E-state index in [0.29, 0.717) is 27.9 Å².